The zero-order valence-corrected chi connectivity index (χ0v) is 23.4. The Morgan fingerprint density at radius 3 is 1.49 bits per heavy atom. The van der Waals surface area contributed by atoms with Crippen LogP contribution in [0.2, 0.25) is 0 Å². The molecule has 0 bridgehead atoms. The smallest absolute Gasteiger partial charge is 0.0715 e. The Morgan fingerprint density at radius 2 is 0.884 bits per heavy atom. The molecule has 9 aromatic rings. The van der Waals surface area contributed by atoms with Crippen LogP contribution in [0.3, 0.4) is 0 Å². The van der Waals surface area contributed by atoms with Crippen molar-refractivity contribution in [2.24, 2.45) is 0 Å². The third-order valence-corrected chi connectivity index (χ3v) is 8.70. The highest BCUT2D eigenvalue weighted by atomic mass is 15.0. The van der Waals surface area contributed by atoms with Crippen LogP contribution in [0.25, 0.3) is 82.7 Å². The van der Waals surface area contributed by atoms with Gasteiger partial charge in [-0.3, -0.25) is 0 Å². The molecular weight excluding hydrogens is 520 g/mol. The molecular formula is C41H26N2. The van der Waals surface area contributed by atoms with Gasteiger partial charge in [-0.05, 0) is 75.1 Å². The predicted molar refractivity (Wildman–Crippen MR) is 181 cm³/mol. The average Bonchev–Trinajstić information content (AvgIpc) is 3.43. The summed E-state index contributed by atoms with van der Waals surface area (Å²) >= 11 is 0. The van der Waals surface area contributed by atoms with Crippen molar-refractivity contribution in [3.05, 3.63) is 158 Å². The van der Waals surface area contributed by atoms with E-state index in [1.54, 1.807) is 0 Å². The SMILES string of the molecule is c1ccc(-c2cc(-c3ccc4cc(-n5c6cccc7ccc8cccc5c8c76)ccc4c3)cc(-c3ccccc3)n2)cc1. The van der Waals surface area contributed by atoms with E-state index in [0.29, 0.717) is 0 Å². The lowest BCUT2D eigenvalue weighted by molar-refractivity contribution is 1.19. The molecule has 0 amide bonds. The number of hydrogen-bond donors (Lipinski definition) is 0. The highest BCUT2D eigenvalue weighted by Gasteiger charge is 2.16. The van der Waals surface area contributed by atoms with Crippen LogP contribution in [-0.2, 0) is 0 Å². The molecule has 2 aromatic heterocycles. The zero-order valence-electron chi connectivity index (χ0n) is 23.4. The molecule has 43 heavy (non-hydrogen) atoms. The van der Waals surface area contributed by atoms with Gasteiger partial charge in [-0.2, -0.15) is 0 Å². The molecule has 200 valence electrons. The first-order valence-corrected chi connectivity index (χ1v) is 14.7. The largest absolute Gasteiger partial charge is 0.309 e. The van der Waals surface area contributed by atoms with E-state index in [9.17, 15) is 0 Å². The number of fused-ring (bicyclic) bond motifs is 1. The fourth-order valence-electron chi connectivity index (χ4n) is 6.66. The number of hydrogen-bond acceptors (Lipinski definition) is 1. The van der Waals surface area contributed by atoms with Crippen molar-refractivity contribution in [3.63, 3.8) is 0 Å². The quantitative estimate of drug-likeness (QED) is 0.201. The minimum atomic E-state index is 0.976. The second-order valence-corrected chi connectivity index (χ2v) is 11.3. The van der Waals surface area contributed by atoms with Crippen molar-refractivity contribution in [1.29, 1.82) is 0 Å². The maximum Gasteiger partial charge on any atom is 0.0715 e. The first-order valence-electron chi connectivity index (χ1n) is 14.7. The molecule has 7 aromatic carbocycles. The molecule has 0 fully saturated rings. The number of benzene rings is 7. The third-order valence-electron chi connectivity index (χ3n) is 8.70. The van der Waals surface area contributed by atoms with Gasteiger partial charge in [0, 0.05) is 27.6 Å². The van der Waals surface area contributed by atoms with Crippen molar-refractivity contribution >= 4 is 43.4 Å². The fourth-order valence-corrected chi connectivity index (χ4v) is 6.66. The summed E-state index contributed by atoms with van der Waals surface area (Å²) in [6.45, 7) is 0. The normalized spacial score (nSPS) is 11.7. The monoisotopic (exact) mass is 546 g/mol. The van der Waals surface area contributed by atoms with Gasteiger partial charge in [-0.1, -0.05) is 115 Å². The second kappa shape index (κ2) is 9.40. The van der Waals surface area contributed by atoms with Crippen molar-refractivity contribution in [2.75, 3.05) is 0 Å². The van der Waals surface area contributed by atoms with E-state index >= 15 is 0 Å². The van der Waals surface area contributed by atoms with Gasteiger partial charge in [0.25, 0.3) is 0 Å². The maximum atomic E-state index is 5.06. The van der Waals surface area contributed by atoms with Crippen LogP contribution in [-0.4, -0.2) is 9.55 Å². The lowest BCUT2D eigenvalue weighted by Crippen LogP contribution is -1.94. The van der Waals surface area contributed by atoms with E-state index in [4.69, 9.17) is 4.98 Å². The van der Waals surface area contributed by atoms with Gasteiger partial charge >= 0.3 is 0 Å². The van der Waals surface area contributed by atoms with Crippen LogP contribution in [0, 0.1) is 0 Å². The zero-order chi connectivity index (χ0) is 28.3. The van der Waals surface area contributed by atoms with Gasteiger partial charge < -0.3 is 4.57 Å². The fraction of sp³-hybridized carbons (Fsp3) is 0. The summed E-state index contributed by atoms with van der Waals surface area (Å²) in [6, 6.07) is 56.6. The Kier molecular flexibility index (Phi) is 5.23. The molecule has 0 aliphatic carbocycles. The van der Waals surface area contributed by atoms with Gasteiger partial charge in [0.2, 0.25) is 0 Å². The Hall–Kier alpha value is -5.73. The minimum Gasteiger partial charge on any atom is -0.309 e. The van der Waals surface area contributed by atoms with Gasteiger partial charge in [0.1, 0.15) is 0 Å². The standard InChI is InChI=1S/C41H26N2/c1-3-9-27(10-4-1)36-25-34(26-37(42-36)28-11-5-2-6-12-28)32-19-20-33-24-35(22-21-31(33)23-32)43-38-15-7-13-29-17-18-30-14-8-16-39(43)41(30)40(29)38/h1-26H. The van der Waals surface area contributed by atoms with E-state index in [-0.39, 0.29) is 0 Å². The molecule has 0 N–H and O–H groups in total. The predicted octanol–water partition coefficient (Wildman–Crippen LogP) is 10.9. The van der Waals surface area contributed by atoms with Crippen LogP contribution >= 0.6 is 0 Å². The molecule has 2 heteroatoms. The Labute approximate surface area is 249 Å². The van der Waals surface area contributed by atoms with Crippen molar-refractivity contribution in [2.45, 2.75) is 0 Å². The van der Waals surface area contributed by atoms with Gasteiger partial charge in [0.05, 0.1) is 22.4 Å². The summed E-state index contributed by atoms with van der Waals surface area (Å²) in [6.07, 6.45) is 0. The summed E-state index contributed by atoms with van der Waals surface area (Å²) in [7, 11) is 0. The first kappa shape index (κ1) is 23.9. The van der Waals surface area contributed by atoms with E-state index < -0.39 is 0 Å². The molecule has 0 saturated heterocycles. The summed E-state index contributed by atoms with van der Waals surface area (Å²) in [5, 5.41) is 7.69. The summed E-state index contributed by atoms with van der Waals surface area (Å²) in [5.74, 6) is 0. The van der Waals surface area contributed by atoms with E-state index in [1.807, 2.05) is 12.1 Å². The lowest BCUT2D eigenvalue weighted by atomic mass is 9.97. The highest BCUT2D eigenvalue weighted by molar-refractivity contribution is 6.24. The van der Waals surface area contributed by atoms with Crippen LogP contribution in [0.5, 0.6) is 0 Å². The van der Waals surface area contributed by atoms with Crippen molar-refractivity contribution in [3.8, 4) is 39.3 Å². The molecule has 0 spiro atoms. The molecule has 0 atom stereocenters. The summed E-state index contributed by atoms with van der Waals surface area (Å²) in [4.78, 5) is 5.06. The molecule has 0 aliphatic rings. The molecule has 0 aliphatic heterocycles. The van der Waals surface area contributed by atoms with E-state index in [0.717, 1.165) is 28.1 Å². The lowest BCUT2D eigenvalue weighted by Gasteiger charge is -2.12. The van der Waals surface area contributed by atoms with E-state index in [1.165, 1.54) is 54.6 Å². The molecule has 0 radical (unpaired) electrons. The molecule has 0 unspecified atom stereocenters. The Morgan fingerprint density at radius 1 is 0.349 bits per heavy atom. The maximum absolute atomic E-state index is 5.06. The molecule has 2 heterocycles. The molecule has 9 rings (SSSR count). The Balaban J connectivity index is 1.19. The van der Waals surface area contributed by atoms with E-state index in [2.05, 4.69) is 150 Å². The van der Waals surface area contributed by atoms with Crippen LogP contribution < -0.4 is 0 Å². The van der Waals surface area contributed by atoms with Crippen LogP contribution in [0.1, 0.15) is 0 Å². The van der Waals surface area contributed by atoms with Crippen LogP contribution in [0.4, 0.5) is 0 Å². The third kappa shape index (κ3) is 3.84. The van der Waals surface area contributed by atoms with Crippen molar-refractivity contribution < 1.29 is 0 Å². The van der Waals surface area contributed by atoms with Crippen molar-refractivity contribution in [1.82, 2.24) is 9.55 Å². The van der Waals surface area contributed by atoms with Crippen LogP contribution in [0.15, 0.2) is 158 Å². The number of rotatable bonds is 4. The Bertz CT molecular complexity index is 2310. The highest BCUT2D eigenvalue weighted by Crippen LogP contribution is 2.39. The molecule has 2 nitrogen and oxygen atoms in total. The minimum absolute atomic E-state index is 0.976. The first-order chi connectivity index (χ1) is 21.3. The molecule has 0 saturated carbocycles. The number of pyridine rings is 1. The summed E-state index contributed by atoms with van der Waals surface area (Å²) in [5.41, 5.74) is 10.2. The van der Waals surface area contributed by atoms with Gasteiger partial charge in [-0.25, -0.2) is 4.98 Å². The number of aromatic nitrogens is 2. The topological polar surface area (TPSA) is 17.8 Å². The number of nitrogens with zero attached hydrogens (tertiary/aromatic N) is 2. The average molecular weight is 547 g/mol. The van der Waals surface area contributed by atoms with Gasteiger partial charge in [0.15, 0.2) is 0 Å². The van der Waals surface area contributed by atoms with Gasteiger partial charge in [-0.15, -0.1) is 0 Å². The second-order valence-electron chi connectivity index (χ2n) is 11.3. The summed E-state index contributed by atoms with van der Waals surface area (Å²) < 4.78 is 2.42.